The average Bonchev–Trinajstić information content (AvgIpc) is 3.24. The number of benzene rings is 2. The van der Waals surface area contributed by atoms with Gasteiger partial charge < -0.3 is 19.8 Å². The molecule has 0 saturated carbocycles. The van der Waals surface area contributed by atoms with Crippen molar-refractivity contribution in [2.24, 2.45) is 5.92 Å². The third-order valence-corrected chi connectivity index (χ3v) is 4.48. The molecule has 1 heterocycles. The van der Waals surface area contributed by atoms with Crippen LogP contribution in [0, 0.1) is 5.92 Å². The fraction of sp³-hybridized carbons (Fsp3) is 0.182. The number of para-hydroxylation sites is 1. The topological polar surface area (TPSA) is 80.6 Å². The van der Waals surface area contributed by atoms with Gasteiger partial charge in [-0.3, -0.25) is 9.59 Å². The van der Waals surface area contributed by atoms with Gasteiger partial charge in [0.2, 0.25) is 5.91 Å². The molecule has 1 atom stereocenters. The van der Waals surface area contributed by atoms with E-state index in [1.54, 1.807) is 48.5 Å². The van der Waals surface area contributed by atoms with Crippen LogP contribution in [-0.4, -0.2) is 17.9 Å². The van der Waals surface area contributed by atoms with Gasteiger partial charge in [0.25, 0.3) is 5.91 Å². The van der Waals surface area contributed by atoms with Gasteiger partial charge in [0.05, 0.1) is 11.3 Å². The van der Waals surface area contributed by atoms with E-state index < -0.39 is 11.9 Å². The fourth-order valence-electron chi connectivity index (χ4n) is 2.64. The molecule has 6 nitrogen and oxygen atoms in total. The van der Waals surface area contributed by atoms with E-state index in [2.05, 4.69) is 10.6 Å². The normalized spacial score (nSPS) is 11.7. The lowest BCUT2D eigenvalue weighted by Crippen LogP contribution is -2.47. The first kappa shape index (κ1) is 20.5. The Kier molecular flexibility index (Phi) is 6.57. The van der Waals surface area contributed by atoms with Crippen LogP contribution >= 0.6 is 11.6 Å². The van der Waals surface area contributed by atoms with Crippen molar-refractivity contribution < 1.29 is 18.7 Å². The van der Waals surface area contributed by atoms with Crippen LogP contribution in [-0.2, 0) is 4.79 Å². The number of nitrogens with one attached hydrogen (secondary N) is 2. The van der Waals surface area contributed by atoms with Crippen molar-refractivity contribution in [3.05, 3.63) is 77.7 Å². The highest BCUT2D eigenvalue weighted by molar-refractivity contribution is 6.32. The second kappa shape index (κ2) is 9.30. The number of furan rings is 1. The third-order valence-electron chi connectivity index (χ3n) is 4.17. The SMILES string of the molecule is CC(C)C(NC(=O)c1ccco1)C(=O)Nc1ccc(Oc2ccccc2Cl)cc1. The van der Waals surface area contributed by atoms with Crippen LogP contribution in [0.25, 0.3) is 0 Å². The van der Waals surface area contributed by atoms with Crippen LogP contribution < -0.4 is 15.4 Å². The molecule has 2 N–H and O–H groups in total. The first-order valence-electron chi connectivity index (χ1n) is 9.11. The van der Waals surface area contributed by atoms with E-state index in [1.165, 1.54) is 6.26 Å². The summed E-state index contributed by atoms with van der Waals surface area (Å²) >= 11 is 6.09. The molecule has 2 aromatic carbocycles. The fourth-order valence-corrected chi connectivity index (χ4v) is 2.81. The summed E-state index contributed by atoms with van der Waals surface area (Å²) in [4.78, 5) is 24.9. The van der Waals surface area contributed by atoms with Crippen LogP contribution in [0.15, 0.2) is 71.3 Å². The Morgan fingerprint density at radius 3 is 2.34 bits per heavy atom. The maximum atomic E-state index is 12.7. The molecule has 0 spiro atoms. The number of ether oxygens (including phenoxy) is 1. The smallest absolute Gasteiger partial charge is 0.287 e. The van der Waals surface area contributed by atoms with E-state index >= 15 is 0 Å². The zero-order valence-corrected chi connectivity index (χ0v) is 16.8. The highest BCUT2D eigenvalue weighted by atomic mass is 35.5. The lowest BCUT2D eigenvalue weighted by molar-refractivity contribution is -0.118. The van der Waals surface area contributed by atoms with Crippen molar-refractivity contribution in [2.45, 2.75) is 19.9 Å². The quantitative estimate of drug-likeness (QED) is 0.564. The number of amides is 2. The molecule has 29 heavy (non-hydrogen) atoms. The summed E-state index contributed by atoms with van der Waals surface area (Å²) in [5.41, 5.74) is 0.583. The van der Waals surface area contributed by atoms with E-state index in [1.807, 2.05) is 26.0 Å². The molecule has 0 saturated heterocycles. The van der Waals surface area contributed by atoms with Crippen molar-refractivity contribution in [3.63, 3.8) is 0 Å². The molecule has 0 bridgehead atoms. The predicted molar refractivity (Wildman–Crippen MR) is 111 cm³/mol. The van der Waals surface area contributed by atoms with Gasteiger partial charge in [0.1, 0.15) is 17.5 Å². The third kappa shape index (κ3) is 5.39. The maximum absolute atomic E-state index is 12.7. The Labute approximate surface area is 173 Å². The molecule has 0 radical (unpaired) electrons. The van der Waals surface area contributed by atoms with E-state index in [0.717, 1.165) is 0 Å². The number of halogens is 1. The Morgan fingerprint density at radius 2 is 1.72 bits per heavy atom. The minimum absolute atomic E-state index is 0.114. The number of hydrogen-bond acceptors (Lipinski definition) is 4. The molecule has 1 unspecified atom stereocenters. The molecule has 0 aliphatic heterocycles. The summed E-state index contributed by atoms with van der Waals surface area (Å²) in [6.45, 7) is 3.71. The highest BCUT2D eigenvalue weighted by Crippen LogP contribution is 2.29. The molecular formula is C22H21ClN2O4. The maximum Gasteiger partial charge on any atom is 0.287 e. The van der Waals surface area contributed by atoms with Crippen molar-refractivity contribution in [1.29, 1.82) is 0 Å². The number of carbonyl (C=O) groups is 2. The molecule has 0 fully saturated rings. The van der Waals surface area contributed by atoms with E-state index in [0.29, 0.717) is 22.2 Å². The highest BCUT2D eigenvalue weighted by Gasteiger charge is 2.25. The molecule has 150 valence electrons. The Morgan fingerprint density at radius 1 is 1.00 bits per heavy atom. The second-order valence-electron chi connectivity index (χ2n) is 6.72. The molecule has 7 heteroatoms. The Bertz CT molecular complexity index is 969. The van der Waals surface area contributed by atoms with Gasteiger partial charge in [-0.1, -0.05) is 37.6 Å². The number of hydrogen-bond donors (Lipinski definition) is 2. The molecule has 1 aromatic heterocycles. The number of rotatable bonds is 7. The van der Waals surface area contributed by atoms with E-state index in [-0.39, 0.29) is 17.6 Å². The first-order chi connectivity index (χ1) is 13.9. The summed E-state index contributed by atoms with van der Waals surface area (Å²) in [5.74, 6) is 0.419. The summed E-state index contributed by atoms with van der Waals surface area (Å²) in [6, 6.07) is 16.5. The Balaban J connectivity index is 1.63. The zero-order chi connectivity index (χ0) is 20.8. The van der Waals surface area contributed by atoms with E-state index in [4.69, 9.17) is 20.8 Å². The predicted octanol–water partition coefficient (Wildman–Crippen LogP) is 5.12. The van der Waals surface area contributed by atoms with Crippen molar-refractivity contribution in [2.75, 3.05) is 5.32 Å². The van der Waals surface area contributed by atoms with Gasteiger partial charge in [-0.2, -0.15) is 0 Å². The lowest BCUT2D eigenvalue weighted by Gasteiger charge is -2.21. The van der Waals surface area contributed by atoms with Gasteiger partial charge in [0, 0.05) is 5.69 Å². The number of carbonyl (C=O) groups excluding carboxylic acids is 2. The molecule has 3 rings (SSSR count). The van der Waals surface area contributed by atoms with Gasteiger partial charge in [0.15, 0.2) is 5.76 Å². The van der Waals surface area contributed by atoms with Crippen LogP contribution in [0.5, 0.6) is 11.5 Å². The van der Waals surface area contributed by atoms with Crippen LogP contribution in [0.2, 0.25) is 5.02 Å². The lowest BCUT2D eigenvalue weighted by atomic mass is 10.0. The summed E-state index contributed by atoms with van der Waals surface area (Å²) in [6.07, 6.45) is 1.41. The average molecular weight is 413 g/mol. The first-order valence-corrected chi connectivity index (χ1v) is 9.49. The Hall–Kier alpha value is -3.25. The molecule has 3 aromatic rings. The molecule has 0 aliphatic rings. The second-order valence-corrected chi connectivity index (χ2v) is 7.13. The van der Waals surface area contributed by atoms with Crippen molar-refractivity contribution in [1.82, 2.24) is 5.32 Å². The standard InChI is InChI=1S/C22H21ClN2O4/c1-14(2)20(25-21(26)19-8-5-13-28-19)22(27)24-15-9-11-16(12-10-15)29-18-7-4-3-6-17(18)23/h3-14,20H,1-2H3,(H,24,27)(H,25,26). The van der Waals surface area contributed by atoms with Gasteiger partial charge >= 0.3 is 0 Å². The van der Waals surface area contributed by atoms with Crippen molar-refractivity contribution >= 4 is 29.1 Å². The molecule has 2 amide bonds. The van der Waals surface area contributed by atoms with Gasteiger partial charge in [-0.15, -0.1) is 0 Å². The molecule has 0 aliphatic carbocycles. The minimum Gasteiger partial charge on any atom is -0.459 e. The molecular weight excluding hydrogens is 392 g/mol. The van der Waals surface area contributed by atoms with Crippen LogP contribution in [0.4, 0.5) is 5.69 Å². The monoisotopic (exact) mass is 412 g/mol. The van der Waals surface area contributed by atoms with Crippen molar-refractivity contribution in [3.8, 4) is 11.5 Å². The zero-order valence-electron chi connectivity index (χ0n) is 16.0. The summed E-state index contributed by atoms with van der Waals surface area (Å²) in [5, 5.41) is 6.03. The number of anilines is 1. The summed E-state index contributed by atoms with van der Waals surface area (Å²) in [7, 11) is 0. The van der Waals surface area contributed by atoms with E-state index in [9.17, 15) is 9.59 Å². The van der Waals surface area contributed by atoms with Crippen LogP contribution in [0.3, 0.4) is 0 Å². The summed E-state index contributed by atoms with van der Waals surface area (Å²) < 4.78 is 10.8. The van der Waals surface area contributed by atoms with Crippen LogP contribution in [0.1, 0.15) is 24.4 Å². The minimum atomic E-state index is -0.716. The van der Waals surface area contributed by atoms with Gasteiger partial charge in [-0.05, 0) is 54.4 Å². The van der Waals surface area contributed by atoms with Gasteiger partial charge in [-0.25, -0.2) is 0 Å². The largest absolute Gasteiger partial charge is 0.459 e.